The van der Waals surface area contributed by atoms with E-state index in [2.05, 4.69) is 10.6 Å². The second kappa shape index (κ2) is 5.03. The lowest BCUT2D eigenvalue weighted by Crippen LogP contribution is -2.54. The number of carbonyl (C=O) groups excluding carboxylic acids is 1. The van der Waals surface area contributed by atoms with Crippen LogP contribution in [0.15, 0.2) is 18.3 Å². The topological polar surface area (TPSA) is 55.3 Å². The summed E-state index contributed by atoms with van der Waals surface area (Å²) in [6.45, 7) is 2.60. The van der Waals surface area contributed by atoms with Crippen LogP contribution in [0.3, 0.4) is 0 Å². The Hall–Kier alpha value is -1.47. The van der Waals surface area contributed by atoms with Crippen molar-refractivity contribution in [3.8, 4) is 0 Å². The summed E-state index contributed by atoms with van der Waals surface area (Å²) in [6.07, 6.45) is 1.29. The Balaban J connectivity index is 2.05. The standard InChI is InChI=1S/C11H15F2N3O2/c1-11(12,13)9-3-2-6-16(9)18-10(17)8-7-14-4-5-15-8/h2-3,6,8,14-15H,4-5,7H2,1H3. The average Bonchev–Trinajstić information content (AvgIpc) is 2.78. The van der Waals surface area contributed by atoms with Crippen molar-refractivity contribution in [3.63, 3.8) is 0 Å². The minimum Gasteiger partial charge on any atom is -0.335 e. The molecule has 1 atom stereocenters. The van der Waals surface area contributed by atoms with Gasteiger partial charge in [-0.15, -0.1) is 0 Å². The molecule has 1 aliphatic rings. The van der Waals surface area contributed by atoms with Crippen LogP contribution in [0.5, 0.6) is 0 Å². The summed E-state index contributed by atoms with van der Waals surface area (Å²) in [5, 5.41) is 5.97. The van der Waals surface area contributed by atoms with Gasteiger partial charge >= 0.3 is 5.97 Å². The molecule has 0 spiro atoms. The lowest BCUT2D eigenvalue weighted by molar-refractivity contribution is -0.148. The van der Waals surface area contributed by atoms with E-state index < -0.39 is 17.9 Å². The number of nitrogens with one attached hydrogen (secondary N) is 2. The molecule has 1 fully saturated rings. The molecule has 1 aromatic heterocycles. The van der Waals surface area contributed by atoms with Crippen molar-refractivity contribution in [2.75, 3.05) is 19.6 Å². The summed E-state index contributed by atoms with van der Waals surface area (Å²) < 4.78 is 27.2. The number of aromatic nitrogens is 1. The van der Waals surface area contributed by atoms with E-state index in [4.69, 9.17) is 4.84 Å². The third-order valence-corrected chi connectivity index (χ3v) is 2.68. The van der Waals surface area contributed by atoms with Crippen molar-refractivity contribution in [2.24, 2.45) is 0 Å². The van der Waals surface area contributed by atoms with Crippen molar-refractivity contribution >= 4 is 5.97 Å². The van der Waals surface area contributed by atoms with E-state index in [0.717, 1.165) is 18.2 Å². The van der Waals surface area contributed by atoms with Crippen molar-refractivity contribution in [1.82, 2.24) is 15.4 Å². The third-order valence-electron chi connectivity index (χ3n) is 2.68. The normalized spacial score (nSPS) is 20.7. The zero-order valence-corrected chi connectivity index (χ0v) is 9.95. The minimum absolute atomic E-state index is 0.348. The van der Waals surface area contributed by atoms with Crippen molar-refractivity contribution in [2.45, 2.75) is 18.9 Å². The van der Waals surface area contributed by atoms with Crippen molar-refractivity contribution in [3.05, 3.63) is 24.0 Å². The Bertz CT molecular complexity index is 422. The number of carbonyl (C=O) groups is 1. The molecule has 2 rings (SSSR count). The van der Waals surface area contributed by atoms with Gasteiger partial charge in [-0.1, -0.05) is 0 Å². The maximum absolute atomic E-state index is 13.2. The predicted octanol–water partition coefficient (Wildman–Crippen LogP) is 0.116. The quantitative estimate of drug-likeness (QED) is 0.809. The van der Waals surface area contributed by atoms with E-state index in [1.165, 1.54) is 18.3 Å². The molecule has 7 heteroatoms. The zero-order valence-electron chi connectivity index (χ0n) is 9.95. The van der Waals surface area contributed by atoms with E-state index in [1.807, 2.05) is 0 Å². The molecule has 0 radical (unpaired) electrons. The lowest BCUT2D eigenvalue weighted by Gasteiger charge is -2.23. The van der Waals surface area contributed by atoms with Gasteiger partial charge in [-0.25, -0.2) is 4.79 Å². The monoisotopic (exact) mass is 259 g/mol. The molecule has 0 aromatic carbocycles. The highest BCUT2D eigenvalue weighted by molar-refractivity contribution is 5.76. The van der Waals surface area contributed by atoms with Crippen LogP contribution < -0.4 is 15.5 Å². The first kappa shape index (κ1) is 13.0. The number of rotatable bonds is 3. The maximum Gasteiger partial charge on any atom is 0.350 e. The summed E-state index contributed by atoms with van der Waals surface area (Å²) in [5.74, 6) is -3.63. The number of alkyl halides is 2. The van der Waals surface area contributed by atoms with Gasteiger partial charge in [-0.05, 0) is 12.1 Å². The highest BCUT2D eigenvalue weighted by atomic mass is 19.3. The zero-order chi connectivity index (χ0) is 13.2. The molecular weight excluding hydrogens is 244 g/mol. The molecule has 1 aliphatic heterocycles. The number of nitrogens with zero attached hydrogens (tertiary/aromatic N) is 1. The first-order valence-electron chi connectivity index (χ1n) is 5.70. The van der Waals surface area contributed by atoms with Crippen molar-refractivity contribution < 1.29 is 18.4 Å². The molecular formula is C11H15F2N3O2. The lowest BCUT2D eigenvalue weighted by atomic mass is 10.2. The number of hydrogen-bond donors (Lipinski definition) is 2. The van der Waals surface area contributed by atoms with Gasteiger partial charge in [-0.2, -0.15) is 13.5 Å². The molecule has 0 bridgehead atoms. The van der Waals surface area contributed by atoms with Gasteiger partial charge in [0.25, 0.3) is 5.92 Å². The van der Waals surface area contributed by atoms with Crippen LogP contribution in [-0.2, 0) is 10.7 Å². The number of hydrogen-bond acceptors (Lipinski definition) is 4. The molecule has 1 unspecified atom stereocenters. The summed E-state index contributed by atoms with van der Waals surface area (Å²) in [4.78, 5) is 16.7. The molecule has 5 nitrogen and oxygen atoms in total. The molecule has 2 N–H and O–H groups in total. The minimum atomic E-state index is -3.05. The second-order valence-electron chi connectivity index (χ2n) is 4.23. The van der Waals surface area contributed by atoms with Gasteiger partial charge in [0.15, 0.2) is 0 Å². The molecule has 0 aliphatic carbocycles. The molecule has 1 aromatic rings. The molecule has 2 heterocycles. The summed E-state index contributed by atoms with van der Waals surface area (Å²) in [5.41, 5.74) is -0.348. The molecule has 18 heavy (non-hydrogen) atoms. The largest absolute Gasteiger partial charge is 0.350 e. The summed E-state index contributed by atoms with van der Waals surface area (Å²) in [6, 6.07) is 2.12. The van der Waals surface area contributed by atoms with E-state index in [1.54, 1.807) is 0 Å². The maximum atomic E-state index is 13.2. The van der Waals surface area contributed by atoms with E-state index in [9.17, 15) is 13.6 Å². The van der Waals surface area contributed by atoms with Gasteiger partial charge in [0.05, 0.1) is 0 Å². The molecule has 0 saturated carbocycles. The fraction of sp³-hybridized carbons (Fsp3) is 0.545. The third kappa shape index (κ3) is 2.85. The Labute approximate surface area is 103 Å². The van der Waals surface area contributed by atoms with Crippen LogP contribution >= 0.6 is 0 Å². The first-order chi connectivity index (χ1) is 8.48. The Morgan fingerprint density at radius 2 is 2.33 bits per heavy atom. The SMILES string of the molecule is CC(F)(F)c1cccn1OC(=O)C1CNCCN1. The van der Waals surface area contributed by atoms with E-state index in [0.29, 0.717) is 13.1 Å². The summed E-state index contributed by atoms with van der Waals surface area (Å²) in [7, 11) is 0. The summed E-state index contributed by atoms with van der Waals surface area (Å²) >= 11 is 0. The molecule has 100 valence electrons. The smallest absolute Gasteiger partial charge is 0.335 e. The Kier molecular flexibility index (Phi) is 3.63. The van der Waals surface area contributed by atoms with Gasteiger partial charge in [0, 0.05) is 32.8 Å². The van der Waals surface area contributed by atoms with Crippen LogP contribution in [0, 0.1) is 0 Å². The van der Waals surface area contributed by atoms with Gasteiger partial charge in [0.2, 0.25) is 0 Å². The van der Waals surface area contributed by atoms with Crippen LogP contribution in [-0.4, -0.2) is 36.4 Å². The van der Waals surface area contributed by atoms with Crippen LogP contribution in [0.1, 0.15) is 12.6 Å². The first-order valence-corrected chi connectivity index (χ1v) is 5.70. The Morgan fingerprint density at radius 1 is 1.56 bits per heavy atom. The average molecular weight is 259 g/mol. The second-order valence-corrected chi connectivity index (χ2v) is 4.23. The highest BCUT2D eigenvalue weighted by Gasteiger charge is 2.30. The van der Waals surface area contributed by atoms with Crippen LogP contribution in [0.25, 0.3) is 0 Å². The van der Waals surface area contributed by atoms with Crippen LogP contribution in [0.2, 0.25) is 0 Å². The number of piperazine rings is 1. The fourth-order valence-corrected chi connectivity index (χ4v) is 1.77. The predicted molar refractivity (Wildman–Crippen MR) is 60.2 cm³/mol. The highest BCUT2D eigenvalue weighted by Crippen LogP contribution is 2.26. The van der Waals surface area contributed by atoms with Crippen LogP contribution in [0.4, 0.5) is 8.78 Å². The van der Waals surface area contributed by atoms with Gasteiger partial charge in [-0.3, -0.25) is 0 Å². The fourth-order valence-electron chi connectivity index (χ4n) is 1.77. The van der Waals surface area contributed by atoms with E-state index in [-0.39, 0.29) is 5.69 Å². The molecule has 0 amide bonds. The molecule has 1 saturated heterocycles. The number of halogens is 2. The van der Waals surface area contributed by atoms with Gasteiger partial charge in [0.1, 0.15) is 11.7 Å². The van der Waals surface area contributed by atoms with Crippen molar-refractivity contribution in [1.29, 1.82) is 0 Å². The van der Waals surface area contributed by atoms with Gasteiger partial charge < -0.3 is 15.5 Å². The Morgan fingerprint density at radius 3 is 2.94 bits per heavy atom. The van der Waals surface area contributed by atoms with E-state index >= 15 is 0 Å².